The highest BCUT2D eigenvalue weighted by Gasteiger charge is 2.21. The summed E-state index contributed by atoms with van der Waals surface area (Å²) < 4.78 is 7.25. The zero-order valence-corrected chi connectivity index (χ0v) is 12.3. The molecule has 1 saturated heterocycles. The summed E-state index contributed by atoms with van der Waals surface area (Å²) in [6.07, 6.45) is 4.53. The van der Waals surface area contributed by atoms with E-state index in [9.17, 15) is 4.79 Å². The smallest absolute Gasteiger partial charge is 0.260 e. The van der Waals surface area contributed by atoms with Gasteiger partial charge in [-0.2, -0.15) is 0 Å². The second-order valence-corrected chi connectivity index (χ2v) is 5.39. The summed E-state index contributed by atoms with van der Waals surface area (Å²) in [6.45, 7) is 1.54. The van der Waals surface area contributed by atoms with Crippen molar-refractivity contribution in [1.82, 2.24) is 9.55 Å². The number of benzene rings is 1. The predicted octanol–water partition coefficient (Wildman–Crippen LogP) is 2.20. The Morgan fingerprint density at radius 3 is 3.00 bits per heavy atom. The van der Waals surface area contributed by atoms with Gasteiger partial charge in [-0.1, -0.05) is 12.1 Å². The van der Waals surface area contributed by atoms with Crippen LogP contribution in [0.4, 0.5) is 5.95 Å². The Labute approximate surface area is 124 Å². The number of nitrogens with zero attached hydrogens (tertiary/aromatic N) is 3. The molecule has 0 aliphatic carbocycles. The summed E-state index contributed by atoms with van der Waals surface area (Å²) in [5.74, 6) is 0.982. The van der Waals surface area contributed by atoms with Gasteiger partial charge in [0.05, 0.1) is 6.61 Å². The number of aromatic nitrogens is 2. The molecule has 1 aliphatic heterocycles. The van der Waals surface area contributed by atoms with Gasteiger partial charge in [0.15, 0.2) is 0 Å². The Morgan fingerprint density at radius 1 is 1.48 bits per heavy atom. The van der Waals surface area contributed by atoms with Gasteiger partial charge in [-0.15, -0.1) is 0 Å². The number of carbonyl (C=O) groups is 1. The highest BCUT2D eigenvalue weighted by Crippen LogP contribution is 2.26. The van der Waals surface area contributed by atoms with Crippen molar-refractivity contribution in [3.63, 3.8) is 0 Å². The molecule has 1 atom stereocenters. The van der Waals surface area contributed by atoms with E-state index in [1.165, 1.54) is 5.56 Å². The number of carbonyl (C=O) groups excluding carboxylic acids is 1. The molecule has 0 radical (unpaired) electrons. The van der Waals surface area contributed by atoms with Crippen LogP contribution in [-0.2, 0) is 11.8 Å². The fraction of sp³-hybridized carbons (Fsp3) is 0.375. The Balaban J connectivity index is 1.84. The monoisotopic (exact) mass is 285 g/mol. The lowest BCUT2D eigenvalue weighted by Crippen LogP contribution is -2.28. The van der Waals surface area contributed by atoms with E-state index in [0.29, 0.717) is 17.4 Å². The van der Waals surface area contributed by atoms with Crippen LogP contribution in [-0.4, -0.2) is 35.7 Å². The standard InChI is InChI=1S/C16H19N3O2/c1-18-8-7-17-16(18)19(2)15(20)13-5-3-4-12(10-13)14-6-9-21-11-14/h3-5,7-8,10,14H,6,9,11H2,1-2H3. The highest BCUT2D eigenvalue weighted by molar-refractivity contribution is 6.04. The van der Waals surface area contributed by atoms with Crippen molar-refractivity contribution >= 4 is 11.9 Å². The quantitative estimate of drug-likeness (QED) is 0.868. The van der Waals surface area contributed by atoms with Crippen LogP contribution in [0, 0.1) is 0 Å². The van der Waals surface area contributed by atoms with Crippen molar-refractivity contribution in [3.8, 4) is 0 Å². The normalized spacial score (nSPS) is 17.9. The molecular formula is C16H19N3O2. The van der Waals surface area contributed by atoms with Crippen LogP contribution in [0.3, 0.4) is 0 Å². The lowest BCUT2D eigenvalue weighted by atomic mass is 9.96. The summed E-state index contributed by atoms with van der Waals surface area (Å²) in [7, 11) is 3.62. The minimum Gasteiger partial charge on any atom is -0.381 e. The highest BCUT2D eigenvalue weighted by atomic mass is 16.5. The van der Waals surface area contributed by atoms with E-state index in [1.54, 1.807) is 18.1 Å². The lowest BCUT2D eigenvalue weighted by molar-refractivity contribution is 0.0991. The maximum atomic E-state index is 12.6. The van der Waals surface area contributed by atoms with Gasteiger partial charge < -0.3 is 9.30 Å². The molecule has 110 valence electrons. The summed E-state index contributed by atoms with van der Waals surface area (Å²) in [6, 6.07) is 7.83. The zero-order chi connectivity index (χ0) is 14.8. The predicted molar refractivity (Wildman–Crippen MR) is 80.6 cm³/mol. The molecule has 2 aromatic rings. The van der Waals surface area contributed by atoms with Crippen LogP contribution in [0.15, 0.2) is 36.7 Å². The van der Waals surface area contributed by atoms with Crippen molar-refractivity contribution in [2.45, 2.75) is 12.3 Å². The van der Waals surface area contributed by atoms with Gasteiger partial charge in [0, 0.05) is 44.6 Å². The van der Waals surface area contributed by atoms with Crippen LogP contribution in [0.2, 0.25) is 0 Å². The molecule has 1 amide bonds. The molecule has 0 saturated carbocycles. The molecule has 21 heavy (non-hydrogen) atoms. The number of hydrogen-bond donors (Lipinski definition) is 0. The molecular weight excluding hydrogens is 266 g/mol. The zero-order valence-electron chi connectivity index (χ0n) is 12.3. The summed E-state index contributed by atoms with van der Waals surface area (Å²) in [5.41, 5.74) is 1.86. The van der Waals surface area contributed by atoms with Crippen LogP contribution in [0.1, 0.15) is 28.3 Å². The first-order valence-corrected chi connectivity index (χ1v) is 7.10. The molecule has 5 heteroatoms. The molecule has 0 spiro atoms. The third kappa shape index (κ3) is 2.69. The van der Waals surface area contributed by atoms with Crippen LogP contribution < -0.4 is 4.90 Å². The second-order valence-electron chi connectivity index (χ2n) is 5.39. The van der Waals surface area contributed by atoms with Crippen LogP contribution in [0.25, 0.3) is 0 Å². The van der Waals surface area contributed by atoms with Gasteiger partial charge in [-0.3, -0.25) is 9.69 Å². The van der Waals surface area contributed by atoms with Gasteiger partial charge in [0.1, 0.15) is 0 Å². The number of amides is 1. The van der Waals surface area contributed by atoms with Crippen molar-refractivity contribution in [3.05, 3.63) is 47.8 Å². The molecule has 1 fully saturated rings. The molecule has 2 heterocycles. The van der Waals surface area contributed by atoms with Gasteiger partial charge >= 0.3 is 0 Å². The minimum atomic E-state index is -0.0509. The van der Waals surface area contributed by atoms with Crippen molar-refractivity contribution in [1.29, 1.82) is 0 Å². The van der Waals surface area contributed by atoms with E-state index in [0.717, 1.165) is 19.6 Å². The van der Waals surface area contributed by atoms with E-state index in [-0.39, 0.29) is 5.91 Å². The van der Waals surface area contributed by atoms with Crippen molar-refractivity contribution in [2.24, 2.45) is 7.05 Å². The van der Waals surface area contributed by atoms with E-state index in [4.69, 9.17) is 4.74 Å². The molecule has 1 unspecified atom stereocenters. The summed E-state index contributed by atoms with van der Waals surface area (Å²) in [4.78, 5) is 18.4. The Hall–Kier alpha value is -2.14. The largest absolute Gasteiger partial charge is 0.381 e. The van der Waals surface area contributed by atoms with Crippen LogP contribution in [0.5, 0.6) is 0 Å². The molecule has 0 bridgehead atoms. The summed E-state index contributed by atoms with van der Waals surface area (Å²) >= 11 is 0. The van der Waals surface area contributed by atoms with E-state index in [2.05, 4.69) is 11.1 Å². The molecule has 0 N–H and O–H groups in total. The fourth-order valence-corrected chi connectivity index (χ4v) is 2.69. The molecule has 1 aliphatic rings. The second kappa shape index (κ2) is 5.69. The number of rotatable bonds is 3. The number of ether oxygens (including phenoxy) is 1. The van der Waals surface area contributed by atoms with Gasteiger partial charge in [-0.05, 0) is 24.1 Å². The SMILES string of the molecule is CN(C(=O)c1cccc(C2CCOC2)c1)c1nccn1C. The molecule has 1 aromatic heterocycles. The number of anilines is 1. The Morgan fingerprint density at radius 2 is 2.33 bits per heavy atom. The minimum absolute atomic E-state index is 0.0509. The third-order valence-corrected chi connectivity index (χ3v) is 3.94. The van der Waals surface area contributed by atoms with Gasteiger partial charge in [0.25, 0.3) is 5.91 Å². The maximum Gasteiger partial charge on any atom is 0.260 e. The Kier molecular flexibility index (Phi) is 3.75. The first-order valence-electron chi connectivity index (χ1n) is 7.10. The fourth-order valence-electron chi connectivity index (χ4n) is 2.69. The third-order valence-electron chi connectivity index (χ3n) is 3.94. The van der Waals surface area contributed by atoms with E-state index < -0.39 is 0 Å². The number of hydrogen-bond acceptors (Lipinski definition) is 3. The van der Waals surface area contributed by atoms with E-state index in [1.807, 2.05) is 36.0 Å². The van der Waals surface area contributed by atoms with E-state index >= 15 is 0 Å². The summed E-state index contributed by atoms with van der Waals surface area (Å²) in [5, 5.41) is 0. The average molecular weight is 285 g/mol. The van der Waals surface area contributed by atoms with Gasteiger partial charge in [-0.25, -0.2) is 4.98 Å². The average Bonchev–Trinajstić information content (AvgIpc) is 3.17. The van der Waals surface area contributed by atoms with Crippen molar-refractivity contribution < 1.29 is 9.53 Å². The lowest BCUT2D eigenvalue weighted by Gasteiger charge is -2.17. The maximum absolute atomic E-state index is 12.6. The molecule has 1 aromatic carbocycles. The Bertz CT molecular complexity index is 644. The first kappa shape index (κ1) is 13.8. The number of imidazole rings is 1. The number of aryl methyl sites for hydroxylation is 1. The van der Waals surface area contributed by atoms with Crippen molar-refractivity contribution in [2.75, 3.05) is 25.2 Å². The molecule has 5 nitrogen and oxygen atoms in total. The van der Waals surface area contributed by atoms with Crippen LogP contribution >= 0.6 is 0 Å². The molecule has 3 rings (SSSR count). The van der Waals surface area contributed by atoms with Gasteiger partial charge in [0.2, 0.25) is 5.95 Å². The topological polar surface area (TPSA) is 47.4 Å². The first-order chi connectivity index (χ1) is 10.2.